The highest BCUT2D eigenvalue weighted by molar-refractivity contribution is 7.91. The van der Waals surface area contributed by atoms with Gasteiger partial charge in [-0.3, -0.25) is 9.59 Å². The average Bonchev–Trinajstić information content (AvgIpc) is 3.62. The molecule has 2 aliphatic heterocycles. The number of Topliss-reactive ketones (excluding diaryl/α,β-unsaturated/α-hetero) is 1. The highest BCUT2D eigenvalue weighted by Gasteiger charge is 2.34. The van der Waals surface area contributed by atoms with Crippen molar-refractivity contribution in [2.24, 2.45) is 5.92 Å². The molecule has 0 N–H and O–H groups in total. The van der Waals surface area contributed by atoms with Gasteiger partial charge in [0.15, 0.2) is 0 Å². The van der Waals surface area contributed by atoms with Gasteiger partial charge >= 0.3 is 0 Å². The lowest BCUT2D eigenvalue weighted by atomic mass is 9.88. The Morgan fingerprint density at radius 3 is 2.48 bits per heavy atom. The fourth-order valence-corrected chi connectivity index (χ4v) is 8.42. The van der Waals surface area contributed by atoms with Crippen molar-refractivity contribution in [1.29, 1.82) is 0 Å². The van der Waals surface area contributed by atoms with Gasteiger partial charge in [-0.2, -0.15) is 4.31 Å². The van der Waals surface area contributed by atoms with Crippen molar-refractivity contribution in [2.45, 2.75) is 29.9 Å². The summed E-state index contributed by atoms with van der Waals surface area (Å²) in [6.45, 7) is 1.25. The molecule has 7 nitrogen and oxygen atoms in total. The second-order valence-corrected chi connectivity index (χ2v) is 13.4. The van der Waals surface area contributed by atoms with Crippen LogP contribution in [-0.2, 0) is 27.7 Å². The van der Waals surface area contributed by atoms with Gasteiger partial charge in [0.1, 0.15) is 15.7 Å². The summed E-state index contributed by atoms with van der Waals surface area (Å²) >= 11 is 1.22. The second kappa shape index (κ2) is 10.8. The predicted octanol–water partition coefficient (Wildman–Crippen LogP) is 5.33. The summed E-state index contributed by atoms with van der Waals surface area (Å²) in [7, 11) is -1.86. The van der Waals surface area contributed by atoms with E-state index in [1.165, 1.54) is 15.6 Å². The van der Waals surface area contributed by atoms with E-state index in [-0.39, 0.29) is 24.0 Å². The van der Waals surface area contributed by atoms with Gasteiger partial charge in [0, 0.05) is 42.9 Å². The molecule has 3 heterocycles. The molecular formula is C31H30N2O5S2. The van der Waals surface area contributed by atoms with Crippen LogP contribution in [0.3, 0.4) is 0 Å². The Morgan fingerprint density at radius 2 is 1.77 bits per heavy atom. The van der Waals surface area contributed by atoms with Gasteiger partial charge in [-0.05, 0) is 71.5 Å². The molecule has 1 amide bonds. The zero-order valence-corrected chi connectivity index (χ0v) is 23.8. The number of benzene rings is 3. The fourth-order valence-electron chi connectivity index (χ4n) is 5.80. The molecule has 0 bridgehead atoms. The minimum atomic E-state index is -3.50. The number of ether oxygens (including phenoxy) is 1. The van der Waals surface area contributed by atoms with Crippen LogP contribution in [0.1, 0.15) is 34.3 Å². The van der Waals surface area contributed by atoms with Crippen LogP contribution < -0.4 is 9.64 Å². The van der Waals surface area contributed by atoms with Gasteiger partial charge in [-0.15, -0.1) is 11.3 Å². The van der Waals surface area contributed by atoms with Gasteiger partial charge in [0.25, 0.3) is 15.9 Å². The van der Waals surface area contributed by atoms with Crippen molar-refractivity contribution in [1.82, 2.24) is 4.31 Å². The predicted molar refractivity (Wildman–Crippen MR) is 157 cm³/mol. The number of carbonyl (C=O) groups excluding carboxylic acids is 2. The Bertz CT molecular complexity index is 1670. The number of hydrogen-bond acceptors (Lipinski definition) is 6. The van der Waals surface area contributed by atoms with Crippen molar-refractivity contribution >= 4 is 49.5 Å². The maximum atomic E-state index is 13.4. The summed E-state index contributed by atoms with van der Waals surface area (Å²) in [6.07, 6.45) is 2.01. The molecule has 2 aliphatic rings. The summed E-state index contributed by atoms with van der Waals surface area (Å²) < 4.78 is 32.8. The lowest BCUT2D eigenvalue weighted by Gasteiger charge is -2.30. The largest absolute Gasteiger partial charge is 0.497 e. The zero-order chi connectivity index (χ0) is 27.9. The van der Waals surface area contributed by atoms with Crippen molar-refractivity contribution in [3.63, 3.8) is 0 Å². The van der Waals surface area contributed by atoms with Crippen LogP contribution in [0, 0.1) is 5.92 Å². The molecule has 1 saturated heterocycles. The van der Waals surface area contributed by atoms with E-state index in [2.05, 4.69) is 0 Å². The summed E-state index contributed by atoms with van der Waals surface area (Å²) in [5.41, 5.74) is 3.58. The number of amides is 1. The van der Waals surface area contributed by atoms with Crippen molar-refractivity contribution in [3.8, 4) is 5.75 Å². The van der Waals surface area contributed by atoms with Crippen LogP contribution in [0.2, 0.25) is 0 Å². The number of anilines is 1. The Morgan fingerprint density at radius 1 is 1.00 bits per heavy atom. The quantitative estimate of drug-likeness (QED) is 0.270. The van der Waals surface area contributed by atoms with Crippen LogP contribution in [0.25, 0.3) is 10.8 Å². The number of rotatable bonds is 9. The minimum absolute atomic E-state index is 0.0167. The first-order chi connectivity index (χ1) is 19.4. The van der Waals surface area contributed by atoms with E-state index in [1.807, 2.05) is 59.5 Å². The molecule has 0 radical (unpaired) electrons. The van der Waals surface area contributed by atoms with E-state index in [4.69, 9.17) is 4.74 Å². The molecule has 0 saturated carbocycles. The van der Waals surface area contributed by atoms with Crippen LogP contribution in [-0.4, -0.2) is 51.2 Å². The van der Waals surface area contributed by atoms with E-state index in [0.717, 1.165) is 33.3 Å². The number of hydrogen-bond donors (Lipinski definition) is 0. The van der Waals surface area contributed by atoms with Crippen LogP contribution in [0.5, 0.6) is 5.75 Å². The van der Waals surface area contributed by atoms with E-state index in [0.29, 0.717) is 48.7 Å². The Hall–Kier alpha value is -3.53. The molecule has 0 spiro atoms. The molecule has 9 heteroatoms. The van der Waals surface area contributed by atoms with E-state index in [1.54, 1.807) is 24.6 Å². The monoisotopic (exact) mass is 574 g/mol. The van der Waals surface area contributed by atoms with Gasteiger partial charge in [-0.1, -0.05) is 36.4 Å². The van der Waals surface area contributed by atoms with Crippen molar-refractivity contribution in [2.75, 3.05) is 31.6 Å². The summed E-state index contributed by atoms with van der Waals surface area (Å²) in [5, 5.41) is 3.60. The second-order valence-electron chi connectivity index (χ2n) is 10.3. The minimum Gasteiger partial charge on any atom is -0.497 e. The van der Waals surface area contributed by atoms with Gasteiger partial charge in [0.05, 0.1) is 12.8 Å². The lowest BCUT2D eigenvalue weighted by Crippen LogP contribution is -2.40. The molecule has 0 atom stereocenters. The first-order valence-electron chi connectivity index (χ1n) is 13.4. The lowest BCUT2D eigenvalue weighted by molar-refractivity contribution is -0.123. The van der Waals surface area contributed by atoms with Gasteiger partial charge in [0.2, 0.25) is 0 Å². The number of ketones is 1. The molecule has 6 rings (SSSR count). The number of thiophene rings is 1. The number of methoxy groups -OCH3 is 1. The number of nitrogens with zero attached hydrogens (tertiary/aromatic N) is 2. The standard InChI is InChI=1S/C31H30N2O5S2/c1-38-24-10-7-21(8-11-24)13-18-33-27-12-9-23(25-4-2-5-26(30(25)27)31(33)35)20-28(34)22-14-16-32(17-15-22)40(36,37)29-6-3-19-39-29/h2-12,19,22H,13-18,20H2,1H3. The van der Waals surface area contributed by atoms with E-state index in [9.17, 15) is 18.0 Å². The van der Waals surface area contributed by atoms with Gasteiger partial charge in [-0.25, -0.2) is 8.42 Å². The summed E-state index contributed by atoms with van der Waals surface area (Å²) in [6, 6.07) is 20.9. The first-order valence-corrected chi connectivity index (χ1v) is 15.7. The molecule has 0 unspecified atom stereocenters. The molecule has 0 aliphatic carbocycles. The molecule has 206 valence electrons. The normalized spacial score (nSPS) is 16.1. The Balaban J connectivity index is 1.16. The van der Waals surface area contributed by atoms with E-state index < -0.39 is 10.0 Å². The van der Waals surface area contributed by atoms with Crippen LogP contribution in [0.4, 0.5) is 5.69 Å². The molecule has 1 fully saturated rings. The average molecular weight is 575 g/mol. The molecule has 3 aromatic carbocycles. The molecule has 40 heavy (non-hydrogen) atoms. The van der Waals surface area contributed by atoms with Gasteiger partial charge < -0.3 is 9.64 Å². The first kappa shape index (κ1) is 26.7. The van der Waals surface area contributed by atoms with Crippen LogP contribution >= 0.6 is 11.3 Å². The topological polar surface area (TPSA) is 84.0 Å². The third-order valence-corrected chi connectivity index (χ3v) is 11.3. The van der Waals surface area contributed by atoms with Crippen molar-refractivity contribution < 1.29 is 22.7 Å². The Kier molecular flexibility index (Phi) is 7.20. The molecular weight excluding hydrogens is 544 g/mol. The Labute approximate surface area is 238 Å². The van der Waals surface area contributed by atoms with E-state index >= 15 is 0 Å². The zero-order valence-electron chi connectivity index (χ0n) is 22.2. The van der Waals surface area contributed by atoms with Crippen LogP contribution in [0.15, 0.2) is 76.3 Å². The maximum absolute atomic E-state index is 13.4. The number of carbonyl (C=O) groups is 2. The smallest absolute Gasteiger partial charge is 0.259 e. The summed E-state index contributed by atoms with van der Waals surface area (Å²) in [4.78, 5) is 28.6. The number of sulfonamides is 1. The highest BCUT2D eigenvalue weighted by Crippen LogP contribution is 2.39. The third-order valence-electron chi connectivity index (χ3n) is 8.02. The fraction of sp³-hybridized carbons (Fsp3) is 0.290. The van der Waals surface area contributed by atoms with Crippen molar-refractivity contribution in [3.05, 3.63) is 88.8 Å². The summed E-state index contributed by atoms with van der Waals surface area (Å²) in [5.74, 6) is 0.723. The maximum Gasteiger partial charge on any atom is 0.259 e. The SMILES string of the molecule is COc1ccc(CCN2C(=O)c3cccc4c(CC(=O)C5CCN(S(=O)(=O)c6cccs6)CC5)ccc2c34)cc1. The third kappa shape index (κ3) is 4.82. The molecule has 4 aromatic rings. The number of piperidine rings is 1. The molecule has 1 aromatic heterocycles. The highest BCUT2D eigenvalue weighted by atomic mass is 32.2.